The zero-order valence-corrected chi connectivity index (χ0v) is 9.38. The summed E-state index contributed by atoms with van der Waals surface area (Å²) in [7, 11) is 0. The van der Waals surface area contributed by atoms with Gasteiger partial charge >= 0.3 is 0 Å². The topological polar surface area (TPSA) is 64.3 Å². The van der Waals surface area contributed by atoms with Crippen molar-refractivity contribution in [3.63, 3.8) is 0 Å². The van der Waals surface area contributed by atoms with E-state index in [4.69, 9.17) is 10.5 Å². The Morgan fingerprint density at radius 1 is 1.43 bits per heavy atom. The predicted molar refractivity (Wildman–Crippen MR) is 56.9 cm³/mol. The van der Waals surface area contributed by atoms with Crippen LogP contribution in [0.5, 0.6) is 0 Å². The Bertz CT molecular complexity index is 160. The van der Waals surface area contributed by atoms with Crippen molar-refractivity contribution in [1.82, 2.24) is 5.32 Å². The van der Waals surface area contributed by atoms with E-state index in [9.17, 15) is 4.79 Å². The second-order valence-electron chi connectivity index (χ2n) is 3.94. The van der Waals surface area contributed by atoms with Crippen LogP contribution in [0.2, 0.25) is 0 Å². The number of rotatable bonds is 7. The molecule has 1 unspecified atom stereocenters. The molecular weight excluding hydrogens is 180 g/mol. The summed E-state index contributed by atoms with van der Waals surface area (Å²) in [6, 6.07) is 0.212. The van der Waals surface area contributed by atoms with E-state index in [-0.39, 0.29) is 18.6 Å². The molecule has 0 aliphatic carbocycles. The van der Waals surface area contributed by atoms with Crippen LogP contribution in [0.4, 0.5) is 0 Å². The van der Waals surface area contributed by atoms with Crippen molar-refractivity contribution in [2.24, 2.45) is 11.7 Å². The van der Waals surface area contributed by atoms with Crippen LogP contribution >= 0.6 is 0 Å². The van der Waals surface area contributed by atoms with Crippen LogP contribution in [0.3, 0.4) is 0 Å². The molecular formula is C10H22N2O2. The first-order valence-corrected chi connectivity index (χ1v) is 5.13. The highest BCUT2D eigenvalue weighted by molar-refractivity contribution is 5.77. The molecule has 0 radical (unpaired) electrons. The van der Waals surface area contributed by atoms with Crippen molar-refractivity contribution in [2.75, 3.05) is 19.8 Å². The number of carbonyl (C=O) groups is 1. The number of hydrogen-bond donors (Lipinski definition) is 2. The van der Waals surface area contributed by atoms with E-state index in [0.717, 1.165) is 6.42 Å². The zero-order valence-electron chi connectivity index (χ0n) is 9.38. The third kappa shape index (κ3) is 8.01. The smallest absolute Gasteiger partial charge is 0.246 e. The predicted octanol–water partition coefficient (Wildman–Crippen LogP) is 0.513. The first-order valence-electron chi connectivity index (χ1n) is 5.13. The Morgan fingerprint density at radius 2 is 2.07 bits per heavy atom. The van der Waals surface area contributed by atoms with Crippen molar-refractivity contribution in [3.8, 4) is 0 Å². The number of amides is 1. The standard InChI is InChI=1S/C10H22N2O2/c1-8(2)6-9(3)12-10(13)7-14-5-4-11/h8-9H,4-7,11H2,1-3H3,(H,12,13). The first-order chi connectivity index (χ1) is 6.56. The SMILES string of the molecule is CC(C)CC(C)NC(=O)COCCN. The number of nitrogens with one attached hydrogen (secondary N) is 1. The molecule has 0 spiro atoms. The molecule has 0 rings (SSSR count). The Labute approximate surface area is 86.2 Å². The van der Waals surface area contributed by atoms with E-state index < -0.39 is 0 Å². The van der Waals surface area contributed by atoms with Gasteiger partial charge in [0.1, 0.15) is 6.61 Å². The Kier molecular flexibility index (Phi) is 7.42. The lowest BCUT2D eigenvalue weighted by atomic mass is 10.1. The van der Waals surface area contributed by atoms with Crippen LogP contribution < -0.4 is 11.1 Å². The van der Waals surface area contributed by atoms with Gasteiger partial charge in [0.2, 0.25) is 5.91 Å². The quantitative estimate of drug-likeness (QED) is 0.591. The molecule has 0 heterocycles. The van der Waals surface area contributed by atoms with E-state index in [1.165, 1.54) is 0 Å². The average Bonchev–Trinajstić information content (AvgIpc) is 2.02. The molecule has 0 aromatic carbocycles. The van der Waals surface area contributed by atoms with Gasteiger partial charge in [0, 0.05) is 12.6 Å². The van der Waals surface area contributed by atoms with Gasteiger partial charge in [-0.2, -0.15) is 0 Å². The number of ether oxygens (including phenoxy) is 1. The summed E-state index contributed by atoms with van der Waals surface area (Å²) in [5, 5.41) is 2.87. The Morgan fingerprint density at radius 3 is 2.57 bits per heavy atom. The van der Waals surface area contributed by atoms with Crippen LogP contribution in [0, 0.1) is 5.92 Å². The van der Waals surface area contributed by atoms with Gasteiger partial charge in [0.25, 0.3) is 0 Å². The molecule has 4 heteroatoms. The van der Waals surface area contributed by atoms with Gasteiger partial charge in [-0.3, -0.25) is 4.79 Å². The summed E-state index contributed by atoms with van der Waals surface area (Å²) in [6.07, 6.45) is 0.989. The fraction of sp³-hybridized carbons (Fsp3) is 0.900. The summed E-state index contributed by atoms with van der Waals surface area (Å²) in [5.41, 5.74) is 5.23. The highest BCUT2D eigenvalue weighted by Crippen LogP contribution is 2.03. The second kappa shape index (κ2) is 7.76. The van der Waals surface area contributed by atoms with Crippen molar-refractivity contribution in [1.29, 1.82) is 0 Å². The lowest BCUT2D eigenvalue weighted by molar-refractivity contribution is -0.126. The second-order valence-corrected chi connectivity index (χ2v) is 3.94. The number of hydrogen-bond acceptors (Lipinski definition) is 3. The first kappa shape index (κ1) is 13.4. The molecule has 0 aliphatic rings. The van der Waals surface area contributed by atoms with Crippen molar-refractivity contribution >= 4 is 5.91 Å². The molecule has 84 valence electrons. The van der Waals surface area contributed by atoms with E-state index in [1.807, 2.05) is 6.92 Å². The van der Waals surface area contributed by atoms with Gasteiger partial charge in [-0.25, -0.2) is 0 Å². The van der Waals surface area contributed by atoms with Crippen LogP contribution in [0.15, 0.2) is 0 Å². The minimum Gasteiger partial charge on any atom is -0.370 e. The average molecular weight is 202 g/mol. The van der Waals surface area contributed by atoms with Crippen LogP contribution in [0.1, 0.15) is 27.2 Å². The monoisotopic (exact) mass is 202 g/mol. The van der Waals surface area contributed by atoms with Crippen molar-refractivity contribution in [3.05, 3.63) is 0 Å². The fourth-order valence-electron chi connectivity index (χ4n) is 1.33. The van der Waals surface area contributed by atoms with Gasteiger partial charge in [-0.15, -0.1) is 0 Å². The maximum Gasteiger partial charge on any atom is 0.246 e. The molecule has 0 fully saturated rings. The highest BCUT2D eigenvalue weighted by atomic mass is 16.5. The minimum atomic E-state index is -0.0633. The number of nitrogens with two attached hydrogens (primary N) is 1. The van der Waals surface area contributed by atoms with Crippen LogP contribution in [-0.2, 0) is 9.53 Å². The highest BCUT2D eigenvalue weighted by Gasteiger charge is 2.08. The van der Waals surface area contributed by atoms with E-state index in [0.29, 0.717) is 19.1 Å². The zero-order chi connectivity index (χ0) is 11.0. The van der Waals surface area contributed by atoms with Gasteiger partial charge in [0.15, 0.2) is 0 Å². The minimum absolute atomic E-state index is 0.0633. The summed E-state index contributed by atoms with van der Waals surface area (Å²) >= 11 is 0. The van der Waals surface area contributed by atoms with Gasteiger partial charge in [-0.05, 0) is 19.3 Å². The lowest BCUT2D eigenvalue weighted by Gasteiger charge is -2.15. The van der Waals surface area contributed by atoms with Gasteiger partial charge in [-0.1, -0.05) is 13.8 Å². The summed E-state index contributed by atoms with van der Waals surface area (Å²) < 4.78 is 5.01. The van der Waals surface area contributed by atoms with Gasteiger partial charge in [0.05, 0.1) is 6.61 Å². The molecule has 3 N–H and O–H groups in total. The molecule has 0 aromatic heterocycles. The maximum atomic E-state index is 11.2. The molecule has 1 amide bonds. The third-order valence-electron chi connectivity index (χ3n) is 1.73. The molecule has 0 saturated heterocycles. The normalized spacial score (nSPS) is 12.9. The van der Waals surface area contributed by atoms with Gasteiger partial charge < -0.3 is 15.8 Å². The summed E-state index contributed by atoms with van der Waals surface area (Å²) in [5.74, 6) is 0.530. The van der Waals surface area contributed by atoms with Crippen molar-refractivity contribution in [2.45, 2.75) is 33.2 Å². The Balaban J connectivity index is 3.50. The van der Waals surface area contributed by atoms with Crippen LogP contribution in [-0.4, -0.2) is 31.7 Å². The molecule has 0 aliphatic heterocycles. The molecule has 14 heavy (non-hydrogen) atoms. The molecule has 0 bridgehead atoms. The molecule has 0 saturated carbocycles. The third-order valence-corrected chi connectivity index (χ3v) is 1.73. The lowest BCUT2D eigenvalue weighted by Crippen LogP contribution is -2.36. The number of carbonyl (C=O) groups excluding carboxylic acids is 1. The largest absolute Gasteiger partial charge is 0.370 e. The van der Waals surface area contributed by atoms with E-state index in [2.05, 4.69) is 19.2 Å². The molecule has 1 atom stereocenters. The summed E-state index contributed by atoms with van der Waals surface area (Å²) in [4.78, 5) is 11.2. The van der Waals surface area contributed by atoms with E-state index in [1.54, 1.807) is 0 Å². The van der Waals surface area contributed by atoms with Crippen LogP contribution in [0.25, 0.3) is 0 Å². The van der Waals surface area contributed by atoms with Crippen molar-refractivity contribution < 1.29 is 9.53 Å². The fourth-order valence-corrected chi connectivity index (χ4v) is 1.33. The summed E-state index contributed by atoms with van der Waals surface area (Å²) in [6.45, 7) is 7.27. The molecule has 4 nitrogen and oxygen atoms in total. The Hall–Kier alpha value is -0.610. The maximum absolute atomic E-state index is 11.2. The molecule has 0 aromatic rings. The van der Waals surface area contributed by atoms with E-state index >= 15 is 0 Å².